The quantitative estimate of drug-likeness (QED) is 0.652. The first kappa shape index (κ1) is 8.64. The van der Waals surface area contributed by atoms with Crippen molar-refractivity contribution in [2.24, 2.45) is 0 Å². The van der Waals surface area contributed by atoms with Gasteiger partial charge in [0.1, 0.15) is 0 Å². The molecule has 1 aromatic heterocycles. The maximum atomic E-state index is 10.9. The fourth-order valence-electron chi connectivity index (χ4n) is 0.856. The molecule has 0 radical (unpaired) electrons. The van der Waals surface area contributed by atoms with Crippen molar-refractivity contribution in [2.45, 2.75) is 20.3 Å². The standard InChI is InChI=1S/C8H10N2O2/c1-3-6-4-7(12)10-8(9-6)5(2)11/h4H,3H2,1-2H3,(H,9,10,12). The molecule has 0 unspecified atom stereocenters. The van der Waals surface area contributed by atoms with Crippen molar-refractivity contribution < 1.29 is 4.79 Å². The zero-order valence-electron chi connectivity index (χ0n) is 7.05. The van der Waals surface area contributed by atoms with Crippen LogP contribution in [-0.2, 0) is 6.42 Å². The van der Waals surface area contributed by atoms with Gasteiger partial charge in [0.05, 0.1) is 0 Å². The van der Waals surface area contributed by atoms with Crippen LogP contribution in [0.5, 0.6) is 0 Å². The second-order valence-electron chi connectivity index (χ2n) is 2.50. The maximum absolute atomic E-state index is 10.9. The van der Waals surface area contributed by atoms with Crippen LogP contribution in [0.25, 0.3) is 0 Å². The maximum Gasteiger partial charge on any atom is 0.251 e. The van der Waals surface area contributed by atoms with Gasteiger partial charge in [0.25, 0.3) is 5.56 Å². The first-order valence-electron chi connectivity index (χ1n) is 3.74. The minimum atomic E-state index is -0.271. The van der Waals surface area contributed by atoms with Crippen LogP contribution in [0.15, 0.2) is 10.9 Å². The number of aromatic nitrogens is 2. The lowest BCUT2D eigenvalue weighted by atomic mass is 10.3. The smallest absolute Gasteiger partial charge is 0.251 e. The first-order chi connectivity index (χ1) is 5.63. The van der Waals surface area contributed by atoms with Gasteiger partial charge in [0.2, 0.25) is 0 Å². The summed E-state index contributed by atoms with van der Waals surface area (Å²) in [6, 6.07) is 1.40. The average Bonchev–Trinajstić information content (AvgIpc) is 2.03. The van der Waals surface area contributed by atoms with Gasteiger partial charge in [-0.15, -0.1) is 0 Å². The number of carbonyl (C=O) groups is 1. The van der Waals surface area contributed by atoms with Crippen LogP contribution in [0.3, 0.4) is 0 Å². The fourth-order valence-corrected chi connectivity index (χ4v) is 0.856. The van der Waals surface area contributed by atoms with Crippen LogP contribution in [0.2, 0.25) is 0 Å². The van der Waals surface area contributed by atoms with Crippen LogP contribution in [0.4, 0.5) is 0 Å². The molecule has 1 aromatic rings. The Bertz CT molecular complexity index is 354. The zero-order chi connectivity index (χ0) is 9.14. The topological polar surface area (TPSA) is 62.8 Å². The third-order valence-corrected chi connectivity index (χ3v) is 1.49. The van der Waals surface area contributed by atoms with E-state index >= 15 is 0 Å². The molecule has 1 rings (SSSR count). The molecular weight excluding hydrogens is 156 g/mol. The van der Waals surface area contributed by atoms with Crippen molar-refractivity contribution in [3.8, 4) is 0 Å². The molecule has 1 heterocycles. The van der Waals surface area contributed by atoms with Crippen LogP contribution in [0, 0.1) is 0 Å². The molecule has 0 amide bonds. The summed E-state index contributed by atoms with van der Waals surface area (Å²) in [5, 5.41) is 0. The van der Waals surface area contributed by atoms with E-state index in [1.54, 1.807) is 0 Å². The highest BCUT2D eigenvalue weighted by atomic mass is 16.1. The highest BCUT2D eigenvalue weighted by Crippen LogP contribution is 1.93. The van der Waals surface area contributed by atoms with Crippen LogP contribution >= 0.6 is 0 Å². The van der Waals surface area contributed by atoms with Gasteiger partial charge in [-0.1, -0.05) is 6.92 Å². The molecule has 0 aliphatic rings. The third-order valence-electron chi connectivity index (χ3n) is 1.49. The van der Waals surface area contributed by atoms with E-state index in [2.05, 4.69) is 9.97 Å². The Morgan fingerprint density at radius 2 is 2.33 bits per heavy atom. The van der Waals surface area contributed by atoms with Crippen molar-refractivity contribution in [1.82, 2.24) is 9.97 Å². The highest BCUT2D eigenvalue weighted by molar-refractivity contribution is 5.90. The summed E-state index contributed by atoms with van der Waals surface area (Å²) >= 11 is 0. The van der Waals surface area contributed by atoms with Gasteiger partial charge in [0, 0.05) is 18.7 Å². The van der Waals surface area contributed by atoms with Gasteiger partial charge in [0.15, 0.2) is 11.6 Å². The molecule has 1 N–H and O–H groups in total. The Balaban J connectivity index is 3.24. The fraction of sp³-hybridized carbons (Fsp3) is 0.375. The summed E-state index contributed by atoms with van der Waals surface area (Å²) in [5.74, 6) is -0.0817. The second kappa shape index (κ2) is 3.30. The van der Waals surface area contributed by atoms with Crippen molar-refractivity contribution in [3.63, 3.8) is 0 Å². The monoisotopic (exact) mass is 166 g/mol. The van der Waals surface area contributed by atoms with E-state index in [1.807, 2.05) is 6.92 Å². The number of hydrogen-bond acceptors (Lipinski definition) is 3. The molecule has 0 atom stereocenters. The normalized spacial score (nSPS) is 9.83. The second-order valence-corrected chi connectivity index (χ2v) is 2.50. The highest BCUT2D eigenvalue weighted by Gasteiger charge is 2.03. The summed E-state index contributed by atoms with van der Waals surface area (Å²) in [7, 11) is 0. The van der Waals surface area contributed by atoms with E-state index in [4.69, 9.17) is 0 Å². The average molecular weight is 166 g/mol. The molecule has 0 spiro atoms. The van der Waals surface area contributed by atoms with Crippen molar-refractivity contribution in [2.75, 3.05) is 0 Å². The first-order valence-corrected chi connectivity index (χ1v) is 3.74. The van der Waals surface area contributed by atoms with Gasteiger partial charge in [-0.05, 0) is 6.42 Å². The molecule has 4 nitrogen and oxygen atoms in total. The van der Waals surface area contributed by atoms with Gasteiger partial charge in [-0.2, -0.15) is 0 Å². The van der Waals surface area contributed by atoms with Crippen LogP contribution in [-0.4, -0.2) is 15.8 Å². The number of carbonyl (C=O) groups excluding carboxylic acids is 1. The summed E-state index contributed by atoms with van der Waals surface area (Å²) in [5.41, 5.74) is 0.371. The van der Waals surface area contributed by atoms with Gasteiger partial charge in [-0.3, -0.25) is 9.59 Å². The summed E-state index contributed by atoms with van der Waals surface area (Å²) in [4.78, 5) is 28.1. The number of nitrogens with zero attached hydrogens (tertiary/aromatic N) is 1. The predicted molar refractivity (Wildman–Crippen MR) is 44.2 cm³/mol. The van der Waals surface area contributed by atoms with E-state index in [-0.39, 0.29) is 17.2 Å². The molecule has 0 aliphatic carbocycles. The lowest BCUT2D eigenvalue weighted by Gasteiger charge is -1.97. The van der Waals surface area contributed by atoms with Crippen molar-refractivity contribution in [3.05, 3.63) is 27.9 Å². The Morgan fingerprint density at radius 3 is 2.83 bits per heavy atom. The molecule has 12 heavy (non-hydrogen) atoms. The minimum Gasteiger partial charge on any atom is -0.304 e. The SMILES string of the molecule is CCc1cc(=O)[nH]c(C(C)=O)n1. The van der Waals surface area contributed by atoms with Gasteiger partial charge >= 0.3 is 0 Å². The molecule has 0 fully saturated rings. The Morgan fingerprint density at radius 1 is 1.67 bits per heavy atom. The number of nitrogens with one attached hydrogen (secondary N) is 1. The number of rotatable bonds is 2. The molecule has 0 aromatic carbocycles. The zero-order valence-corrected chi connectivity index (χ0v) is 7.05. The van der Waals surface area contributed by atoms with Gasteiger partial charge in [-0.25, -0.2) is 4.98 Å². The summed E-state index contributed by atoms with van der Waals surface area (Å²) in [6.45, 7) is 3.25. The lowest BCUT2D eigenvalue weighted by Crippen LogP contribution is -2.14. The van der Waals surface area contributed by atoms with Crippen LogP contribution in [0.1, 0.15) is 30.2 Å². The van der Waals surface area contributed by atoms with E-state index < -0.39 is 0 Å². The Kier molecular flexibility index (Phi) is 2.38. The number of hydrogen-bond donors (Lipinski definition) is 1. The Labute approximate surface area is 69.7 Å². The largest absolute Gasteiger partial charge is 0.304 e. The molecule has 0 bridgehead atoms. The molecule has 0 saturated carbocycles. The van der Waals surface area contributed by atoms with Crippen molar-refractivity contribution in [1.29, 1.82) is 0 Å². The van der Waals surface area contributed by atoms with E-state index in [0.717, 1.165) is 0 Å². The molecule has 64 valence electrons. The molecule has 0 aliphatic heterocycles. The number of aryl methyl sites for hydroxylation is 1. The summed E-state index contributed by atoms with van der Waals surface area (Å²) < 4.78 is 0. The van der Waals surface area contributed by atoms with E-state index in [1.165, 1.54) is 13.0 Å². The summed E-state index contributed by atoms with van der Waals surface area (Å²) in [6.07, 6.45) is 0.657. The number of ketones is 1. The van der Waals surface area contributed by atoms with Crippen LogP contribution < -0.4 is 5.56 Å². The molecule has 4 heteroatoms. The Hall–Kier alpha value is -1.45. The molecular formula is C8H10N2O2. The minimum absolute atomic E-state index is 0.138. The third kappa shape index (κ3) is 1.78. The number of aromatic amines is 1. The predicted octanol–water partition coefficient (Wildman–Crippen LogP) is 0.535. The lowest BCUT2D eigenvalue weighted by molar-refractivity contribution is 0.100. The van der Waals surface area contributed by atoms with E-state index in [0.29, 0.717) is 12.1 Å². The number of Topliss-reactive ketones (excluding diaryl/α,β-unsaturated/α-hetero) is 1. The van der Waals surface area contributed by atoms with Crippen molar-refractivity contribution >= 4 is 5.78 Å². The van der Waals surface area contributed by atoms with Gasteiger partial charge < -0.3 is 4.98 Å². The van der Waals surface area contributed by atoms with E-state index in [9.17, 15) is 9.59 Å². The number of H-pyrrole nitrogens is 1. The molecule has 0 saturated heterocycles.